The molecule has 0 aromatic heterocycles. The van der Waals surface area contributed by atoms with Crippen LogP contribution in [-0.4, -0.2) is 34.0 Å². The van der Waals surface area contributed by atoms with Crippen LogP contribution in [0.15, 0.2) is 11.6 Å². The SMILES string of the molecule is CC1(C)CC[C@]2(C(=O)O)CC[C@]3(C)C(=CCC4C5(C)CC[C@H](O)[C@@](C)(CO)C5CC[C@]43C)C2C1. The van der Waals surface area contributed by atoms with Crippen LogP contribution >= 0.6 is 0 Å². The van der Waals surface area contributed by atoms with E-state index in [1.54, 1.807) is 0 Å². The number of hydrogen-bond acceptors (Lipinski definition) is 3. The highest BCUT2D eigenvalue weighted by molar-refractivity contribution is 5.76. The Hall–Kier alpha value is -0.870. The molecule has 0 spiro atoms. The molecule has 9 atom stereocenters. The summed E-state index contributed by atoms with van der Waals surface area (Å²) in [6.07, 6.45) is 11.6. The largest absolute Gasteiger partial charge is 0.481 e. The molecule has 0 bridgehead atoms. The molecule has 0 saturated heterocycles. The number of fused-ring (bicyclic) bond motifs is 7. The van der Waals surface area contributed by atoms with Gasteiger partial charge in [0, 0.05) is 5.41 Å². The number of carboxylic acid groups (broad SMARTS) is 1. The lowest BCUT2D eigenvalue weighted by Gasteiger charge is -2.71. The lowest BCUT2D eigenvalue weighted by atomic mass is 9.33. The Morgan fingerprint density at radius 2 is 1.62 bits per heavy atom. The highest BCUT2D eigenvalue weighted by Gasteiger charge is 2.69. The molecular weight excluding hydrogens is 424 g/mol. The number of carbonyl (C=O) groups is 1. The van der Waals surface area contributed by atoms with E-state index in [1.165, 1.54) is 5.57 Å². The molecule has 4 saturated carbocycles. The Morgan fingerprint density at radius 3 is 2.26 bits per heavy atom. The Balaban J connectivity index is 1.60. The van der Waals surface area contributed by atoms with Gasteiger partial charge in [0.15, 0.2) is 0 Å². The highest BCUT2D eigenvalue weighted by Crippen LogP contribution is 2.75. The summed E-state index contributed by atoms with van der Waals surface area (Å²) in [5, 5.41) is 31.8. The van der Waals surface area contributed by atoms with Crippen molar-refractivity contribution in [2.75, 3.05) is 6.61 Å². The zero-order valence-electron chi connectivity index (χ0n) is 22.4. The molecule has 3 N–H and O–H groups in total. The maximum Gasteiger partial charge on any atom is 0.310 e. The minimum atomic E-state index is -0.588. The molecule has 0 heterocycles. The van der Waals surface area contributed by atoms with E-state index in [9.17, 15) is 20.1 Å². The van der Waals surface area contributed by atoms with Crippen LogP contribution in [0.4, 0.5) is 0 Å². The summed E-state index contributed by atoms with van der Waals surface area (Å²) in [5.41, 5.74) is 0.858. The van der Waals surface area contributed by atoms with Crippen molar-refractivity contribution in [3.8, 4) is 0 Å². The van der Waals surface area contributed by atoms with Crippen LogP contribution in [-0.2, 0) is 4.79 Å². The van der Waals surface area contributed by atoms with Crippen LogP contribution < -0.4 is 0 Å². The number of carboxylic acids is 1. The number of rotatable bonds is 2. The fourth-order valence-electron chi connectivity index (χ4n) is 10.7. The second kappa shape index (κ2) is 7.34. The number of allylic oxidation sites excluding steroid dienone is 2. The highest BCUT2D eigenvalue weighted by atomic mass is 16.4. The summed E-state index contributed by atoms with van der Waals surface area (Å²) in [4.78, 5) is 12.8. The normalized spacial score (nSPS) is 54.1. The van der Waals surface area contributed by atoms with Crippen molar-refractivity contribution in [2.24, 2.45) is 50.2 Å². The van der Waals surface area contributed by atoms with Crippen LogP contribution in [0.3, 0.4) is 0 Å². The molecule has 0 aromatic carbocycles. The molecule has 0 aliphatic heterocycles. The molecule has 0 amide bonds. The average molecular weight is 473 g/mol. The topological polar surface area (TPSA) is 77.8 Å². The molecule has 0 aromatic rings. The standard InChI is InChI=1S/C30H48O4/c1-25(2)13-15-30(24(33)34)16-14-28(5)19(20(30)17-25)7-8-22-26(3)11-10-23(32)27(4,18-31)21(26)9-12-29(22,28)6/h7,20-23,31-32H,8-18H2,1-6H3,(H,33,34)/t20?,21?,22?,23-,26?,27-,28+,29+,30-/m0/s1. The van der Waals surface area contributed by atoms with E-state index in [-0.39, 0.29) is 34.2 Å². The molecule has 4 fully saturated rings. The number of aliphatic hydroxyl groups is 2. The van der Waals surface area contributed by atoms with E-state index in [0.717, 1.165) is 64.2 Å². The van der Waals surface area contributed by atoms with E-state index in [4.69, 9.17) is 0 Å². The van der Waals surface area contributed by atoms with Crippen molar-refractivity contribution in [1.29, 1.82) is 0 Å². The first-order valence-corrected chi connectivity index (χ1v) is 13.9. The summed E-state index contributed by atoms with van der Waals surface area (Å²) < 4.78 is 0. The molecule has 4 heteroatoms. The van der Waals surface area contributed by atoms with Crippen LogP contribution in [0, 0.1) is 50.2 Å². The number of hydrogen-bond donors (Lipinski definition) is 3. The maximum atomic E-state index is 12.8. The quantitative estimate of drug-likeness (QED) is 0.418. The lowest BCUT2D eigenvalue weighted by molar-refractivity contribution is -0.216. The van der Waals surface area contributed by atoms with Gasteiger partial charge in [0.05, 0.1) is 18.1 Å². The van der Waals surface area contributed by atoms with Crippen LogP contribution in [0.5, 0.6) is 0 Å². The van der Waals surface area contributed by atoms with Crippen molar-refractivity contribution in [2.45, 2.75) is 112 Å². The van der Waals surface area contributed by atoms with Gasteiger partial charge in [0.1, 0.15) is 0 Å². The van der Waals surface area contributed by atoms with Crippen molar-refractivity contribution in [1.82, 2.24) is 0 Å². The summed E-state index contributed by atoms with van der Waals surface area (Å²) in [6, 6.07) is 0. The van der Waals surface area contributed by atoms with E-state index >= 15 is 0 Å². The second-order valence-corrected chi connectivity index (χ2v) is 14.9. The van der Waals surface area contributed by atoms with Gasteiger partial charge in [-0.25, -0.2) is 0 Å². The minimum Gasteiger partial charge on any atom is -0.481 e. The van der Waals surface area contributed by atoms with Gasteiger partial charge in [0.2, 0.25) is 0 Å². The summed E-state index contributed by atoms with van der Waals surface area (Å²) >= 11 is 0. The van der Waals surface area contributed by atoms with E-state index in [0.29, 0.717) is 11.8 Å². The van der Waals surface area contributed by atoms with Gasteiger partial charge >= 0.3 is 5.97 Å². The van der Waals surface area contributed by atoms with E-state index in [1.807, 2.05) is 0 Å². The monoisotopic (exact) mass is 472 g/mol. The third kappa shape index (κ3) is 2.88. The maximum absolute atomic E-state index is 12.8. The van der Waals surface area contributed by atoms with Gasteiger partial charge in [-0.05, 0) is 104 Å². The Bertz CT molecular complexity index is 907. The van der Waals surface area contributed by atoms with Crippen LogP contribution in [0.2, 0.25) is 0 Å². The third-order valence-corrected chi connectivity index (χ3v) is 13.2. The molecule has 4 unspecified atom stereocenters. The third-order valence-electron chi connectivity index (χ3n) is 13.2. The molecule has 4 nitrogen and oxygen atoms in total. The molecule has 5 aliphatic rings. The summed E-state index contributed by atoms with van der Waals surface area (Å²) in [7, 11) is 0. The molecule has 0 radical (unpaired) electrons. The van der Waals surface area contributed by atoms with Gasteiger partial charge in [-0.3, -0.25) is 4.79 Å². The Labute approximate surface area is 206 Å². The van der Waals surface area contributed by atoms with Crippen LogP contribution in [0.1, 0.15) is 106 Å². The average Bonchev–Trinajstić information content (AvgIpc) is 2.76. The zero-order chi connectivity index (χ0) is 24.9. The summed E-state index contributed by atoms with van der Waals surface area (Å²) in [6.45, 7) is 14.3. The van der Waals surface area contributed by atoms with E-state index < -0.39 is 22.9 Å². The fraction of sp³-hybridized carbons (Fsp3) is 0.900. The molecular formula is C30H48O4. The fourth-order valence-corrected chi connectivity index (χ4v) is 10.7. The van der Waals surface area contributed by atoms with Crippen molar-refractivity contribution in [3.63, 3.8) is 0 Å². The van der Waals surface area contributed by atoms with Crippen LogP contribution in [0.25, 0.3) is 0 Å². The smallest absolute Gasteiger partial charge is 0.310 e. The van der Waals surface area contributed by atoms with Gasteiger partial charge in [-0.15, -0.1) is 0 Å². The second-order valence-electron chi connectivity index (χ2n) is 14.9. The van der Waals surface area contributed by atoms with Gasteiger partial charge in [-0.2, -0.15) is 0 Å². The van der Waals surface area contributed by atoms with Crippen molar-refractivity contribution < 1.29 is 20.1 Å². The van der Waals surface area contributed by atoms with Crippen molar-refractivity contribution >= 4 is 5.97 Å². The van der Waals surface area contributed by atoms with Gasteiger partial charge < -0.3 is 15.3 Å². The first kappa shape index (κ1) is 24.8. The molecule has 5 aliphatic carbocycles. The predicted molar refractivity (Wildman–Crippen MR) is 134 cm³/mol. The molecule has 34 heavy (non-hydrogen) atoms. The molecule has 192 valence electrons. The Morgan fingerprint density at radius 1 is 0.941 bits per heavy atom. The van der Waals surface area contributed by atoms with Crippen molar-refractivity contribution in [3.05, 3.63) is 11.6 Å². The summed E-state index contributed by atoms with van der Waals surface area (Å²) in [5.74, 6) is 0.395. The Kier molecular flexibility index (Phi) is 5.36. The lowest BCUT2D eigenvalue weighted by Crippen LogP contribution is -2.65. The number of aliphatic carboxylic acids is 1. The van der Waals surface area contributed by atoms with E-state index in [2.05, 4.69) is 47.6 Å². The first-order chi connectivity index (χ1) is 15.7. The zero-order valence-corrected chi connectivity index (χ0v) is 22.4. The first-order valence-electron chi connectivity index (χ1n) is 13.9. The minimum absolute atomic E-state index is 0.0204. The number of aliphatic hydroxyl groups excluding tert-OH is 2. The molecule has 5 rings (SSSR count). The van der Waals surface area contributed by atoms with Gasteiger partial charge in [-0.1, -0.05) is 53.2 Å². The van der Waals surface area contributed by atoms with Gasteiger partial charge in [0.25, 0.3) is 0 Å². The predicted octanol–water partition coefficient (Wildman–Crippen LogP) is 6.21.